The van der Waals surface area contributed by atoms with Crippen LogP contribution in [0.3, 0.4) is 0 Å². The molecule has 1 fully saturated rings. The van der Waals surface area contributed by atoms with Crippen LogP contribution >= 0.6 is 0 Å². The Morgan fingerprint density at radius 1 is 0.944 bits per heavy atom. The molecule has 1 aliphatic rings. The zero-order valence-electron chi connectivity index (χ0n) is 20.4. The smallest absolute Gasteiger partial charge is 0.311 e. The summed E-state index contributed by atoms with van der Waals surface area (Å²) in [7, 11) is 1.60. The molecule has 0 bridgehead atoms. The van der Waals surface area contributed by atoms with Crippen molar-refractivity contribution >= 4 is 29.2 Å². The molecule has 0 spiro atoms. The Balaban J connectivity index is 1.29. The summed E-state index contributed by atoms with van der Waals surface area (Å²) in [4.78, 5) is 38.9. The van der Waals surface area contributed by atoms with Crippen LogP contribution < -0.4 is 19.7 Å². The number of aryl methyl sites for hydroxylation is 1. The van der Waals surface area contributed by atoms with Crippen molar-refractivity contribution in [1.82, 2.24) is 0 Å². The summed E-state index contributed by atoms with van der Waals surface area (Å²) in [5, 5.41) is 2.76. The van der Waals surface area contributed by atoms with E-state index in [1.54, 1.807) is 66.6 Å². The third-order valence-corrected chi connectivity index (χ3v) is 6.13. The average molecular weight is 489 g/mol. The number of hydrogen-bond acceptors (Lipinski definition) is 6. The summed E-state index contributed by atoms with van der Waals surface area (Å²) >= 11 is 0. The highest BCUT2D eigenvalue weighted by molar-refractivity contribution is 6.00. The zero-order valence-corrected chi connectivity index (χ0v) is 20.4. The van der Waals surface area contributed by atoms with E-state index in [1.807, 2.05) is 26.0 Å². The van der Waals surface area contributed by atoms with Crippen LogP contribution in [0.1, 0.15) is 17.5 Å². The molecular weight excluding hydrogens is 460 g/mol. The lowest BCUT2D eigenvalue weighted by atomic mass is 10.1. The number of hydrogen-bond donors (Lipinski definition) is 1. The highest BCUT2D eigenvalue weighted by Gasteiger charge is 2.36. The van der Waals surface area contributed by atoms with Gasteiger partial charge >= 0.3 is 5.97 Å². The molecule has 0 radical (unpaired) electrons. The maximum Gasteiger partial charge on any atom is 0.311 e. The Morgan fingerprint density at radius 3 is 2.25 bits per heavy atom. The number of nitrogens with one attached hydrogen (secondary N) is 1. The van der Waals surface area contributed by atoms with Crippen molar-refractivity contribution in [2.45, 2.75) is 20.3 Å². The van der Waals surface area contributed by atoms with Crippen LogP contribution in [-0.4, -0.2) is 38.0 Å². The molecule has 36 heavy (non-hydrogen) atoms. The highest BCUT2D eigenvalue weighted by Crippen LogP contribution is 2.30. The first-order valence-corrected chi connectivity index (χ1v) is 11.6. The number of amides is 2. The molecule has 1 aliphatic heterocycles. The standard InChI is InChI=1S/C28H28N2O6/c1-18-5-4-6-25(19(18)2)29-26(31)17-35-28(33)20-15-27(32)30(16-20)21-7-9-23(10-8-21)36-24-13-11-22(34-3)12-14-24/h4-14,20H,15-17H2,1-3H3,(H,29,31)/t20-/m0/s1. The number of rotatable bonds is 8. The van der Waals surface area contributed by atoms with Crippen LogP contribution in [0, 0.1) is 19.8 Å². The summed E-state index contributed by atoms with van der Waals surface area (Å²) in [6, 6.07) is 19.9. The number of carbonyl (C=O) groups is 3. The number of anilines is 2. The number of methoxy groups -OCH3 is 1. The zero-order chi connectivity index (χ0) is 25.7. The molecule has 0 aliphatic carbocycles. The lowest BCUT2D eigenvalue weighted by molar-refractivity contribution is -0.151. The Morgan fingerprint density at radius 2 is 1.58 bits per heavy atom. The van der Waals surface area contributed by atoms with Gasteiger partial charge in [-0.2, -0.15) is 0 Å². The van der Waals surface area contributed by atoms with Gasteiger partial charge < -0.3 is 24.4 Å². The molecule has 0 saturated carbocycles. The lowest BCUT2D eigenvalue weighted by Crippen LogP contribution is -2.28. The van der Waals surface area contributed by atoms with Crippen LogP contribution in [0.4, 0.5) is 11.4 Å². The molecule has 1 atom stereocenters. The van der Waals surface area contributed by atoms with E-state index < -0.39 is 24.4 Å². The molecule has 3 aromatic carbocycles. The van der Waals surface area contributed by atoms with Gasteiger partial charge in [-0.1, -0.05) is 12.1 Å². The first-order valence-electron chi connectivity index (χ1n) is 11.6. The summed E-state index contributed by atoms with van der Waals surface area (Å²) in [6.45, 7) is 3.64. The second-order valence-corrected chi connectivity index (χ2v) is 8.58. The van der Waals surface area contributed by atoms with Crippen molar-refractivity contribution in [2.24, 2.45) is 5.92 Å². The molecule has 0 unspecified atom stereocenters. The normalized spacial score (nSPS) is 14.9. The molecule has 8 nitrogen and oxygen atoms in total. The van der Waals surface area contributed by atoms with Gasteiger partial charge in [-0.3, -0.25) is 14.4 Å². The maximum atomic E-state index is 12.6. The second kappa shape index (κ2) is 10.9. The number of ether oxygens (including phenoxy) is 3. The Bertz CT molecular complexity index is 1250. The molecule has 186 valence electrons. The van der Waals surface area contributed by atoms with Crippen LogP contribution in [0.25, 0.3) is 0 Å². The van der Waals surface area contributed by atoms with Gasteiger partial charge in [-0.25, -0.2) is 0 Å². The molecule has 4 rings (SSSR count). The van der Waals surface area contributed by atoms with Gasteiger partial charge in [0.15, 0.2) is 6.61 Å². The van der Waals surface area contributed by atoms with Gasteiger partial charge in [0.2, 0.25) is 5.91 Å². The largest absolute Gasteiger partial charge is 0.497 e. The molecule has 1 heterocycles. The van der Waals surface area contributed by atoms with E-state index in [1.165, 1.54) is 0 Å². The molecule has 8 heteroatoms. The van der Waals surface area contributed by atoms with Crippen LogP contribution in [0.15, 0.2) is 66.7 Å². The summed E-state index contributed by atoms with van der Waals surface area (Å²) in [5.74, 6) is 0.195. The van der Waals surface area contributed by atoms with E-state index >= 15 is 0 Å². The molecular formula is C28H28N2O6. The first-order chi connectivity index (χ1) is 17.3. The minimum atomic E-state index is -0.638. The van der Waals surface area contributed by atoms with Crippen molar-refractivity contribution in [3.05, 3.63) is 77.9 Å². The lowest BCUT2D eigenvalue weighted by Gasteiger charge is -2.17. The predicted octanol–water partition coefficient (Wildman–Crippen LogP) is 4.64. The SMILES string of the molecule is COc1ccc(Oc2ccc(N3C[C@@H](C(=O)OCC(=O)Nc4cccc(C)c4C)CC3=O)cc2)cc1. The Hall–Kier alpha value is -4.33. The van der Waals surface area contributed by atoms with Gasteiger partial charge in [0.25, 0.3) is 5.91 Å². The molecule has 2 amide bonds. The topological polar surface area (TPSA) is 94.2 Å². The third-order valence-electron chi connectivity index (χ3n) is 6.13. The van der Waals surface area contributed by atoms with E-state index in [2.05, 4.69) is 5.32 Å². The third kappa shape index (κ3) is 5.83. The fourth-order valence-corrected chi connectivity index (χ4v) is 3.92. The first kappa shape index (κ1) is 24.8. The molecule has 3 aromatic rings. The van der Waals surface area contributed by atoms with Crippen molar-refractivity contribution in [3.8, 4) is 17.2 Å². The fraction of sp³-hybridized carbons (Fsp3) is 0.250. The van der Waals surface area contributed by atoms with Gasteiger partial charge in [0.05, 0.1) is 13.0 Å². The number of benzene rings is 3. The monoisotopic (exact) mass is 488 g/mol. The van der Waals surface area contributed by atoms with E-state index in [4.69, 9.17) is 14.2 Å². The molecule has 1 saturated heterocycles. The van der Waals surface area contributed by atoms with E-state index in [0.717, 1.165) is 16.9 Å². The predicted molar refractivity (Wildman–Crippen MR) is 135 cm³/mol. The van der Waals surface area contributed by atoms with Gasteiger partial charge in [0, 0.05) is 24.3 Å². The van der Waals surface area contributed by atoms with E-state index in [9.17, 15) is 14.4 Å². The van der Waals surface area contributed by atoms with Crippen LogP contribution in [0.5, 0.6) is 17.2 Å². The van der Waals surface area contributed by atoms with E-state index in [-0.39, 0.29) is 18.9 Å². The number of nitrogens with zero attached hydrogens (tertiary/aromatic N) is 1. The van der Waals surface area contributed by atoms with Crippen LogP contribution in [0.2, 0.25) is 0 Å². The minimum Gasteiger partial charge on any atom is -0.497 e. The van der Waals surface area contributed by atoms with Crippen molar-refractivity contribution < 1.29 is 28.6 Å². The Kier molecular flexibility index (Phi) is 7.53. The average Bonchev–Trinajstić information content (AvgIpc) is 3.28. The van der Waals surface area contributed by atoms with E-state index in [0.29, 0.717) is 22.9 Å². The number of esters is 1. The maximum absolute atomic E-state index is 12.6. The quantitative estimate of drug-likeness (QED) is 0.465. The second-order valence-electron chi connectivity index (χ2n) is 8.58. The van der Waals surface area contributed by atoms with Gasteiger partial charge in [-0.15, -0.1) is 0 Å². The van der Waals surface area contributed by atoms with Crippen LogP contribution in [-0.2, 0) is 19.1 Å². The van der Waals surface area contributed by atoms with Gasteiger partial charge in [-0.05, 0) is 79.6 Å². The molecule has 0 aromatic heterocycles. The Labute approximate surface area is 209 Å². The van der Waals surface area contributed by atoms with Crippen molar-refractivity contribution in [1.29, 1.82) is 0 Å². The van der Waals surface area contributed by atoms with Crippen molar-refractivity contribution in [3.63, 3.8) is 0 Å². The minimum absolute atomic E-state index is 0.0293. The van der Waals surface area contributed by atoms with Crippen molar-refractivity contribution in [2.75, 3.05) is 30.5 Å². The molecule has 1 N–H and O–H groups in total. The number of carbonyl (C=O) groups excluding carboxylic acids is 3. The summed E-state index contributed by atoms with van der Waals surface area (Å²) < 4.78 is 16.2. The fourth-order valence-electron chi connectivity index (χ4n) is 3.92. The summed E-state index contributed by atoms with van der Waals surface area (Å²) in [6.07, 6.45) is 0.0293. The summed E-state index contributed by atoms with van der Waals surface area (Å²) in [5.41, 5.74) is 3.34. The highest BCUT2D eigenvalue weighted by atomic mass is 16.5. The van der Waals surface area contributed by atoms with Gasteiger partial charge in [0.1, 0.15) is 17.2 Å².